The van der Waals surface area contributed by atoms with Crippen LogP contribution in [0, 0.1) is 6.92 Å². The first-order chi connectivity index (χ1) is 12.6. The first-order valence-corrected chi connectivity index (χ1v) is 8.96. The van der Waals surface area contributed by atoms with Crippen molar-refractivity contribution in [2.45, 2.75) is 13.5 Å². The predicted molar refractivity (Wildman–Crippen MR) is 101 cm³/mol. The third-order valence-electron chi connectivity index (χ3n) is 4.41. The Kier molecular flexibility index (Phi) is 4.10. The van der Waals surface area contributed by atoms with Gasteiger partial charge in [-0.1, -0.05) is 6.07 Å². The van der Waals surface area contributed by atoms with Gasteiger partial charge in [0.05, 0.1) is 28.8 Å². The van der Waals surface area contributed by atoms with Crippen molar-refractivity contribution >= 4 is 27.5 Å². The van der Waals surface area contributed by atoms with Gasteiger partial charge in [-0.3, -0.25) is 0 Å². The van der Waals surface area contributed by atoms with Gasteiger partial charge < -0.3 is 19.3 Å². The number of carbonyl (C=O) groups is 1. The summed E-state index contributed by atoms with van der Waals surface area (Å²) in [6, 6.07) is 9.84. The number of imidazole rings is 1. The second kappa shape index (κ2) is 6.44. The van der Waals surface area contributed by atoms with Crippen LogP contribution in [0.5, 0.6) is 0 Å². The van der Waals surface area contributed by atoms with Gasteiger partial charge in [-0.2, -0.15) is 0 Å². The van der Waals surface area contributed by atoms with E-state index in [9.17, 15) is 15.0 Å². The molecule has 26 heavy (non-hydrogen) atoms. The molecule has 0 saturated heterocycles. The molecule has 4 rings (SSSR count). The van der Waals surface area contributed by atoms with Gasteiger partial charge in [-0.15, -0.1) is 11.3 Å². The third-order valence-corrected chi connectivity index (χ3v) is 5.47. The van der Waals surface area contributed by atoms with Crippen LogP contribution in [0.25, 0.3) is 27.2 Å². The summed E-state index contributed by atoms with van der Waals surface area (Å²) in [7, 11) is 0. The van der Waals surface area contributed by atoms with Gasteiger partial charge in [0, 0.05) is 30.2 Å². The monoisotopic (exact) mass is 367 g/mol. The van der Waals surface area contributed by atoms with E-state index in [0.717, 1.165) is 32.7 Å². The van der Waals surface area contributed by atoms with Crippen LogP contribution in [0.15, 0.2) is 49.1 Å². The molecule has 0 atom stereocenters. The van der Waals surface area contributed by atoms with Gasteiger partial charge in [0.15, 0.2) is 0 Å². The van der Waals surface area contributed by atoms with Crippen LogP contribution in [-0.2, 0) is 6.54 Å². The van der Waals surface area contributed by atoms with Gasteiger partial charge in [0.1, 0.15) is 4.88 Å². The van der Waals surface area contributed by atoms with Gasteiger partial charge >= 0.3 is 5.97 Å². The van der Waals surface area contributed by atoms with Crippen molar-refractivity contribution in [2.24, 2.45) is 0 Å². The number of aryl methyl sites for hydroxylation is 1. The first-order valence-electron chi connectivity index (χ1n) is 8.15. The summed E-state index contributed by atoms with van der Waals surface area (Å²) >= 11 is 1.25. The number of aromatic nitrogens is 3. The molecule has 0 aliphatic rings. The van der Waals surface area contributed by atoms with E-state index < -0.39 is 5.97 Å². The summed E-state index contributed by atoms with van der Waals surface area (Å²) in [5.74, 6) is -0.927. The van der Waals surface area contributed by atoms with Crippen molar-refractivity contribution in [2.75, 3.05) is 6.61 Å². The maximum Gasteiger partial charge on any atom is 0.345 e. The molecule has 0 saturated carbocycles. The Bertz CT molecular complexity index is 1090. The lowest BCUT2D eigenvalue weighted by Crippen LogP contribution is -2.04. The van der Waals surface area contributed by atoms with Gasteiger partial charge in [0.25, 0.3) is 0 Å². The molecule has 4 aromatic rings. The molecule has 1 aromatic carbocycles. The van der Waals surface area contributed by atoms with Crippen molar-refractivity contribution in [1.29, 1.82) is 0 Å². The average molecular weight is 367 g/mol. The van der Waals surface area contributed by atoms with Crippen molar-refractivity contribution in [3.05, 3.63) is 59.5 Å². The molecule has 0 amide bonds. The standard InChI is InChI=1S/C19H17N3O3S/c1-12-8-13(21-5-4-20-11-21)2-3-14(12)15-9-17-16(22(15)6-7-23)10-18(26-17)19(24)25/h2-5,8-11,23H,6-7H2,1H3,(H,24,25). The summed E-state index contributed by atoms with van der Waals surface area (Å²) in [4.78, 5) is 15.6. The van der Waals surface area contributed by atoms with Crippen molar-refractivity contribution in [3.63, 3.8) is 0 Å². The van der Waals surface area contributed by atoms with Crippen LogP contribution < -0.4 is 0 Å². The predicted octanol–water partition coefficient (Wildman–Crippen LogP) is 3.55. The molecule has 0 bridgehead atoms. The van der Waals surface area contributed by atoms with E-state index in [0.29, 0.717) is 11.4 Å². The molecule has 0 spiro atoms. The maximum absolute atomic E-state index is 11.2. The van der Waals surface area contributed by atoms with Crippen LogP contribution in [0.2, 0.25) is 0 Å². The van der Waals surface area contributed by atoms with Crippen LogP contribution >= 0.6 is 11.3 Å². The smallest absolute Gasteiger partial charge is 0.345 e. The second-order valence-corrected chi connectivity index (χ2v) is 7.12. The number of fused-ring (bicyclic) bond motifs is 1. The number of benzene rings is 1. The average Bonchev–Trinajstić information content (AvgIpc) is 3.32. The zero-order valence-electron chi connectivity index (χ0n) is 14.1. The van der Waals surface area contributed by atoms with E-state index >= 15 is 0 Å². The largest absolute Gasteiger partial charge is 0.477 e. The summed E-state index contributed by atoms with van der Waals surface area (Å²) in [6.45, 7) is 2.45. The Labute approximate surface area is 153 Å². The summed E-state index contributed by atoms with van der Waals surface area (Å²) in [6.07, 6.45) is 5.39. The maximum atomic E-state index is 11.2. The zero-order chi connectivity index (χ0) is 18.3. The molecule has 6 nitrogen and oxygen atoms in total. The molecule has 0 unspecified atom stereocenters. The van der Waals surface area contributed by atoms with E-state index in [1.165, 1.54) is 11.3 Å². The normalized spacial score (nSPS) is 11.3. The fourth-order valence-corrected chi connectivity index (χ4v) is 4.16. The van der Waals surface area contributed by atoms with Crippen LogP contribution in [0.4, 0.5) is 0 Å². The zero-order valence-corrected chi connectivity index (χ0v) is 14.9. The number of aromatic carboxylic acids is 1. The quantitative estimate of drug-likeness (QED) is 0.565. The number of nitrogens with zero attached hydrogens (tertiary/aromatic N) is 3. The lowest BCUT2D eigenvalue weighted by atomic mass is 10.0. The topological polar surface area (TPSA) is 80.3 Å². The van der Waals surface area contributed by atoms with E-state index in [2.05, 4.69) is 17.1 Å². The molecule has 0 aliphatic carbocycles. The highest BCUT2D eigenvalue weighted by Gasteiger charge is 2.17. The summed E-state index contributed by atoms with van der Waals surface area (Å²) in [5, 5.41) is 18.7. The minimum atomic E-state index is -0.927. The first kappa shape index (κ1) is 16.6. The minimum Gasteiger partial charge on any atom is -0.477 e. The molecule has 0 aliphatic heterocycles. The number of carboxylic acid groups (broad SMARTS) is 1. The number of aliphatic hydroxyl groups is 1. The van der Waals surface area contributed by atoms with Crippen LogP contribution in [0.1, 0.15) is 15.2 Å². The molecule has 2 N–H and O–H groups in total. The second-order valence-electron chi connectivity index (χ2n) is 6.04. The van der Waals surface area contributed by atoms with Gasteiger partial charge in [0.2, 0.25) is 0 Å². The van der Waals surface area contributed by atoms with Gasteiger partial charge in [-0.05, 0) is 36.8 Å². The third kappa shape index (κ3) is 2.71. The molecule has 0 fully saturated rings. The highest BCUT2D eigenvalue weighted by molar-refractivity contribution is 7.20. The lowest BCUT2D eigenvalue weighted by Gasteiger charge is -2.13. The Balaban J connectivity index is 1.84. The van der Waals surface area contributed by atoms with Crippen molar-refractivity contribution in [3.8, 4) is 16.9 Å². The van der Waals surface area contributed by atoms with E-state index in [-0.39, 0.29) is 6.61 Å². The number of carboxylic acids is 1. The number of thiophene rings is 1. The molecule has 0 radical (unpaired) electrons. The Morgan fingerprint density at radius 2 is 2.12 bits per heavy atom. The molecule has 7 heteroatoms. The van der Waals surface area contributed by atoms with Crippen LogP contribution in [-0.4, -0.2) is 36.9 Å². The Hall–Kier alpha value is -2.90. The fourth-order valence-electron chi connectivity index (χ4n) is 3.22. The van der Waals surface area contributed by atoms with Crippen molar-refractivity contribution < 1.29 is 15.0 Å². The number of aliphatic hydroxyl groups excluding tert-OH is 1. The molecule has 3 aromatic heterocycles. The molecule has 3 heterocycles. The summed E-state index contributed by atoms with van der Waals surface area (Å²) < 4.78 is 4.84. The number of hydrogen-bond acceptors (Lipinski definition) is 4. The SMILES string of the molecule is Cc1cc(-n2ccnc2)ccc1-c1cc2sc(C(=O)O)cc2n1CCO. The Morgan fingerprint density at radius 1 is 1.27 bits per heavy atom. The molecular formula is C19H17N3O3S. The van der Waals surface area contributed by atoms with E-state index in [1.54, 1.807) is 18.6 Å². The minimum absolute atomic E-state index is 0.0127. The lowest BCUT2D eigenvalue weighted by molar-refractivity contribution is 0.0702. The highest BCUT2D eigenvalue weighted by atomic mass is 32.1. The van der Waals surface area contributed by atoms with Gasteiger partial charge in [-0.25, -0.2) is 9.78 Å². The van der Waals surface area contributed by atoms with Crippen molar-refractivity contribution in [1.82, 2.24) is 14.1 Å². The molecule has 132 valence electrons. The number of rotatable bonds is 5. The highest BCUT2D eigenvalue weighted by Crippen LogP contribution is 2.35. The van der Waals surface area contributed by atoms with E-state index in [4.69, 9.17) is 0 Å². The number of hydrogen-bond donors (Lipinski definition) is 2. The molecular weight excluding hydrogens is 350 g/mol. The van der Waals surface area contributed by atoms with Crippen LogP contribution in [0.3, 0.4) is 0 Å². The van der Waals surface area contributed by atoms with E-state index in [1.807, 2.05) is 34.4 Å². The Morgan fingerprint density at radius 3 is 2.77 bits per heavy atom. The fraction of sp³-hybridized carbons (Fsp3) is 0.158. The summed E-state index contributed by atoms with van der Waals surface area (Å²) in [5.41, 5.74) is 5.00.